The molecule has 0 amide bonds. The number of benzene rings is 4. The van der Waals surface area contributed by atoms with Gasteiger partial charge in [0.2, 0.25) is 0 Å². The fraction of sp³-hybridized carbons (Fsp3) is 0.267. The minimum atomic E-state index is -4.71. The molecule has 0 aromatic heterocycles. The van der Waals surface area contributed by atoms with Crippen molar-refractivity contribution in [2.45, 2.75) is 44.4 Å². The monoisotopic (exact) mass is 937 g/mol. The van der Waals surface area contributed by atoms with Crippen molar-refractivity contribution in [3.05, 3.63) is 78.9 Å². The fourth-order valence-electron chi connectivity index (χ4n) is 3.30. The molecule has 51 heavy (non-hydrogen) atoms. The van der Waals surface area contributed by atoms with Gasteiger partial charge in [-0.15, -0.1) is 15.3 Å². The van der Waals surface area contributed by atoms with Crippen LogP contribution in [0.1, 0.15) is 34.6 Å². The first kappa shape index (κ1) is 54.1. The Morgan fingerprint density at radius 2 is 1.24 bits per heavy atom. The normalized spacial score (nSPS) is 10.5. The number of anilines is 1. The second kappa shape index (κ2) is 30.1. The molecule has 276 valence electrons. The first-order chi connectivity index (χ1) is 23.4. The molecule has 15 nitrogen and oxygen atoms in total. The fourth-order valence-corrected chi connectivity index (χ4v) is 4.85. The number of nitrogen functional groups attached to an aromatic ring is 1. The zero-order chi connectivity index (χ0) is 37.5. The van der Waals surface area contributed by atoms with Crippen molar-refractivity contribution >= 4 is 83.5 Å². The van der Waals surface area contributed by atoms with E-state index >= 15 is 0 Å². The number of nitrogens with two attached hydrogens (primary N) is 1. The molecule has 21 heteroatoms. The molecule has 0 aliphatic carbocycles. The van der Waals surface area contributed by atoms with Crippen LogP contribution < -0.4 is 5.73 Å². The Morgan fingerprint density at radius 1 is 0.745 bits per heavy atom. The van der Waals surface area contributed by atoms with Crippen LogP contribution in [0, 0.1) is 0 Å². The van der Waals surface area contributed by atoms with E-state index in [4.69, 9.17) is 11.0 Å². The Bertz CT molecular complexity index is 1830. The number of fused-ring (bicyclic) bond motifs is 1. The van der Waals surface area contributed by atoms with Crippen LogP contribution in [-0.2, 0) is 99.2 Å². The van der Waals surface area contributed by atoms with Crippen LogP contribution in [0.2, 0.25) is 0 Å². The molecule has 0 heterocycles. The molecule has 0 aliphatic rings. The standard InChI is InChI=1S/C22H17N5O6S2.C3H8O2S.2C2H6.CH4O2S.2Y/c23-21-19(26-24-15-7-2-1-3-8-15)12-16(34(28,29)30)13-20(21)27-25-18-11-10-14-6-4-5-9-17(14)22(18)35(31,32)33;1-3-6-5-4-2;2*1-2;1-4-3-2;;/h1-13H,23H2,(H,28,29,30)(H,31,32,33);3H2,1-2H3;2*1-2H3;2H,1H3;;. The average molecular weight is 938 g/mol. The van der Waals surface area contributed by atoms with Crippen molar-refractivity contribution in [2.24, 2.45) is 20.5 Å². The van der Waals surface area contributed by atoms with Gasteiger partial charge in [-0.05, 0) is 35.7 Å². The number of azo groups is 2. The third-order valence-corrected chi connectivity index (χ3v) is 7.52. The predicted octanol–water partition coefficient (Wildman–Crippen LogP) is 9.78. The second-order valence-corrected chi connectivity index (χ2v) is 12.3. The quantitative estimate of drug-likeness (QED) is 0.0221. The number of nitrogens with zero attached hydrogens (tertiary/aromatic N) is 4. The third-order valence-electron chi connectivity index (χ3n) is 5.13. The van der Waals surface area contributed by atoms with Gasteiger partial charge >= 0.3 is 0 Å². The maximum absolute atomic E-state index is 12.1. The molecule has 2 radical (unpaired) electrons. The predicted molar refractivity (Wildman–Crippen MR) is 195 cm³/mol. The Balaban J connectivity index is -0.00000124. The van der Waals surface area contributed by atoms with Crippen molar-refractivity contribution in [2.75, 3.05) is 24.9 Å². The zero-order valence-electron chi connectivity index (χ0n) is 29.1. The van der Waals surface area contributed by atoms with Crippen LogP contribution in [0.4, 0.5) is 28.4 Å². The van der Waals surface area contributed by atoms with E-state index in [0.29, 0.717) is 11.1 Å². The molecule has 0 bridgehead atoms. The van der Waals surface area contributed by atoms with Crippen LogP contribution in [0.15, 0.2) is 109 Å². The molecule has 4 rings (SSSR count). The summed E-state index contributed by atoms with van der Waals surface area (Å²) in [7, 11) is -7.90. The van der Waals surface area contributed by atoms with Crippen LogP contribution in [-0.4, -0.2) is 50.3 Å². The molecule has 0 saturated carbocycles. The van der Waals surface area contributed by atoms with Gasteiger partial charge in [-0.2, -0.15) is 30.6 Å². The van der Waals surface area contributed by atoms with Gasteiger partial charge in [-0.25, -0.2) is 10.1 Å². The minimum Gasteiger partial charge on any atom is -0.395 e. The van der Waals surface area contributed by atoms with Gasteiger partial charge in [0, 0.05) is 107 Å². The summed E-state index contributed by atoms with van der Waals surface area (Å²) in [6.45, 7) is 9.99. The molecular weight excluding hydrogens is 896 g/mol. The van der Waals surface area contributed by atoms with Gasteiger partial charge in [0.15, 0.2) is 0 Å². The largest absolute Gasteiger partial charge is 0.395 e. The van der Waals surface area contributed by atoms with E-state index in [1.54, 1.807) is 60.9 Å². The smallest absolute Gasteiger partial charge is 0.297 e. The van der Waals surface area contributed by atoms with Gasteiger partial charge < -0.3 is 5.73 Å². The number of hydrogen-bond donors (Lipinski definition) is 4. The Labute approximate surface area is 358 Å². The first-order valence-corrected chi connectivity index (χ1v) is 19.3. The number of rotatable bonds is 10. The van der Waals surface area contributed by atoms with Crippen LogP contribution in [0.3, 0.4) is 0 Å². The zero-order valence-corrected chi connectivity index (χ0v) is 38.0. The summed E-state index contributed by atoms with van der Waals surface area (Å²) in [4.78, 5) is 3.19. The summed E-state index contributed by atoms with van der Waals surface area (Å²) >= 11 is 2.20. The van der Waals surface area contributed by atoms with Crippen molar-refractivity contribution in [1.82, 2.24) is 0 Å². The molecule has 0 fully saturated rings. The van der Waals surface area contributed by atoms with Crippen molar-refractivity contribution in [3.63, 3.8) is 0 Å². The van der Waals surface area contributed by atoms with E-state index in [1.165, 1.54) is 31.3 Å². The SMILES string of the molecule is CC.CC.CCSOOC.CSOO.Nc1c(N=Nc2ccccc2)cc(S(=O)(=O)O)cc1N=Nc1ccc2ccccc2c1S(=O)(=O)O.[Y].[Y]. The summed E-state index contributed by atoms with van der Waals surface area (Å²) in [6, 6.07) is 19.8. The van der Waals surface area contributed by atoms with Gasteiger partial charge in [-0.1, -0.05) is 83.1 Å². The summed E-state index contributed by atoms with van der Waals surface area (Å²) < 4.78 is 75.0. The van der Waals surface area contributed by atoms with E-state index in [2.05, 4.69) is 34.0 Å². The van der Waals surface area contributed by atoms with Crippen molar-refractivity contribution in [3.8, 4) is 0 Å². The van der Waals surface area contributed by atoms with Crippen molar-refractivity contribution in [1.29, 1.82) is 0 Å². The molecule has 0 unspecified atom stereocenters. The molecule has 0 saturated heterocycles. The van der Waals surface area contributed by atoms with Crippen LogP contribution >= 0.6 is 24.1 Å². The molecule has 0 aliphatic heterocycles. The first-order valence-electron chi connectivity index (χ1n) is 14.3. The molecule has 4 aromatic carbocycles. The summed E-state index contributed by atoms with van der Waals surface area (Å²) in [5.41, 5.74) is 5.86. The summed E-state index contributed by atoms with van der Waals surface area (Å²) in [5.74, 6) is 0.924. The maximum atomic E-state index is 12.1. The van der Waals surface area contributed by atoms with Gasteiger partial charge in [0.1, 0.15) is 22.0 Å². The van der Waals surface area contributed by atoms with Crippen LogP contribution in [0.25, 0.3) is 10.8 Å². The molecule has 0 atom stereocenters. The maximum Gasteiger partial charge on any atom is 0.297 e. The van der Waals surface area contributed by atoms with E-state index in [-0.39, 0.29) is 93.6 Å². The molecule has 0 spiro atoms. The Hall–Kier alpha value is -1.29. The van der Waals surface area contributed by atoms with Gasteiger partial charge in [-0.3, -0.25) is 9.11 Å². The van der Waals surface area contributed by atoms with E-state index in [9.17, 15) is 25.9 Å². The topological polar surface area (TPSA) is 232 Å². The van der Waals surface area contributed by atoms with Crippen molar-refractivity contribution < 1.29 is 110 Å². The van der Waals surface area contributed by atoms with E-state index in [0.717, 1.165) is 29.9 Å². The summed E-state index contributed by atoms with van der Waals surface area (Å²) in [5, 5.41) is 23.8. The number of hydrogen-bond acceptors (Lipinski definition) is 15. The van der Waals surface area contributed by atoms with E-state index in [1.807, 2.05) is 34.6 Å². The van der Waals surface area contributed by atoms with Gasteiger partial charge in [0.25, 0.3) is 20.2 Å². The average Bonchev–Trinajstić information content (AvgIpc) is 3.11. The minimum absolute atomic E-state index is 0. The second-order valence-electron chi connectivity index (χ2n) is 8.08. The van der Waals surface area contributed by atoms with Crippen LogP contribution in [0.5, 0.6) is 0 Å². The van der Waals surface area contributed by atoms with E-state index < -0.39 is 30.0 Å². The van der Waals surface area contributed by atoms with Gasteiger partial charge in [0.05, 0.1) is 23.4 Å². The summed E-state index contributed by atoms with van der Waals surface area (Å²) in [6.07, 6.45) is 1.62. The Morgan fingerprint density at radius 3 is 1.69 bits per heavy atom. The molecule has 5 N–H and O–H groups in total. The molecule has 4 aromatic rings. The molecular formula is C30H41N5O10S4Y2. The third kappa shape index (κ3) is 20.1. The Kier molecular flexibility index (Phi) is 31.9.